The number of aliphatic hydroxyl groups excluding tert-OH is 13. The number of carbonyl (C=O) groups is 3. The second-order valence-corrected chi connectivity index (χ2v) is 16.1. The summed E-state index contributed by atoms with van der Waals surface area (Å²) in [6.07, 6.45) is -36.1. The third kappa shape index (κ3) is 11.8. The molecule has 5 aliphatic rings. The molecule has 0 aliphatic carbocycles. The van der Waals surface area contributed by atoms with Crippen LogP contribution in [0.1, 0.15) is 20.8 Å². The zero-order chi connectivity index (χ0) is 47.3. The topological polar surface area (TPSA) is 433 Å². The lowest BCUT2D eigenvalue weighted by molar-refractivity contribution is -0.367. The van der Waals surface area contributed by atoms with Gasteiger partial charge in [0.15, 0.2) is 25.2 Å². The minimum absolute atomic E-state index is 0.208. The molecule has 24 atom stereocenters. The number of nitrogens with one attached hydrogen (secondary N) is 3. The molecule has 3 amide bonds. The van der Waals surface area contributed by atoms with Gasteiger partial charge < -0.3 is 125 Å². The van der Waals surface area contributed by atoms with Gasteiger partial charge in [-0.1, -0.05) is 0 Å². The average molecular weight is 936 g/mol. The number of carbonyl (C=O) groups excluding carboxylic acids is 3. The Kier molecular flexibility index (Phi) is 18.9. The van der Waals surface area contributed by atoms with E-state index >= 15 is 0 Å². The molecule has 64 heavy (non-hydrogen) atoms. The van der Waals surface area contributed by atoms with Gasteiger partial charge in [0.2, 0.25) is 17.7 Å². The molecule has 5 rings (SSSR count). The molecule has 0 saturated carbocycles. The SMILES string of the molecule is CC(=O)N[C@H]1[C@H](O[C@H]2[C@H](O)[C@@H](NC(C)=O)CO[C@@H]2CO)O[C@H](CO)[C@@H](O[C@@H]2O[C@H](CO[C@H]3O[C@H](CO)[C@@H](O[C@H]4O[C@H](CO)[C@@H](O)[C@H](O)[C@H]4NC(C)=O)[C@H](O)[C@@H]3O)[C@@H](O)[C@H](O)[C@@H]2O)[C@@H]1O. The van der Waals surface area contributed by atoms with Crippen molar-refractivity contribution in [1.82, 2.24) is 16.0 Å². The molecular formula is C36H61N3O25. The van der Waals surface area contributed by atoms with Crippen LogP contribution >= 0.6 is 0 Å². The molecule has 0 radical (unpaired) electrons. The monoisotopic (exact) mass is 935 g/mol. The van der Waals surface area contributed by atoms with Gasteiger partial charge in [-0.25, -0.2) is 0 Å². The standard InChI is InChI=1S/C36H61N3O25/c1-10(44)37-13-8-56-15(5-41)30(21(13)47)62-34-20(39-12(3)46)25(51)31(16(6-42)59-34)64-36-28(54)26(52)23(49)18(61-36)9-57-35-29(55)27(53)32(17(7-43)60-35)63-33-19(38-11(2)45)24(50)22(48)14(4-40)58-33/h13-36,40-43,47-55H,4-9H2,1-3H3,(H,37,44)(H,38,45)(H,39,46)/t13-,14+,15+,16+,17+,18+,19+,20+,21+,22+,23+,24+,25+,26-,27+,28-,29-,30+,31+,32+,33+,34-,35-,36-/m0/s1. The Morgan fingerprint density at radius 3 is 1.41 bits per heavy atom. The maximum Gasteiger partial charge on any atom is 0.217 e. The Labute approximate surface area is 364 Å². The molecule has 28 nitrogen and oxygen atoms in total. The zero-order valence-electron chi connectivity index (χ0n) is 34.8. The van der Waals surface area contributed by atoms with Crippen LogP contribution in [0.25, 0.3) is 0 Å². The molecule has 16 N–H and O–H groups in total. The third-order valence-corrected chi connectivity index (χ3v) is 11.4. The first kappa shape index (κ1) is 52.5. The van der Waals surface area contributed by atoms with Crippen molar-refractivity contribution in [2.45, 2.75) is 168 Å². The van der Waals surface area contributed by atoms with Crippen LogP contribution in [0.3, 0.4) is 0 Å². The highest BCUT2D eigenvalue weighted by Crippen LogP contribution is 2.34. The molecular weight excluding hydrogens is 874 g/mol. The number of amides is 3. The molecule has 28 heteroatoms. The van der Waals surface area contributed by atoms with Crippen LogP contribution in [0.5, 0.6) is 0 Å². The molecule has 0 spiro atoms. The van der Waals surface area contributed by atoms with E-state index in [1.165, 1.54) is 6.92 Å². The van der Waals surface area contributed by atoms with Gasteiger partial charge in [0.1, 0.15) is 116 Å². The first-order valence-corrected chi connectivity index (χ1v) is 20.4. The van der Waals surface area contributed by atoms with Crippen molar-refractivity contribution in [2.24, 2.45) is 0 Å². The summed E-state index contributed by atoms with van der Waals surface area (Å²) in [6.45, 7) is -0.932. The maximum atomic E-state index is 12.3. The first-order valence-electron chi connectivity index (χ1n) is 20.4. The van der Waals surface area contributed by atoms with E-state index < -0.39 is 198 Å². The predicted octanol–water partition coefficient (Wildman–Crippen LogP) is -10.8. The molecule has 5 fully saturated rings. The summed E-state index contributed by atoms with van der Waals surface area (Å²) in [5.41, 5.74) is 0. The molecule has 0 aromatic heterocycles. The summed E-state index contributed by atoms with van der Waals surface area (Å²) in [7, 11) is 0. The fourth-order valence-electron chi connectivity index (χ4n) is 8.09. The van der Waals surface area contributed by atoms with Crippen molar-refractivity contribution in [2.75, 3.05) is 39.6 Å². The normalized spacial score (nSPS) is 46.5. The molecule has 0 bridgehead atoms. The lowest BCUT2D eigenvalue weighted by Gasteiger charge is -2.49. The lowest BCUT2D eigenvalue weighted by atomic mass is 9.94. The van der Waals surface area contributed by atoms with E-state index in [1.807, 2.05) is 0 Å². The van der Waals surface area contributed by atoms with Gasteiger partial charge in [-0.2, -0.15) is 0 Å². The highest BCUT2D eigenvalue weighted by atomic mass is 16.8. The van der Waals surface area contributed by atoms with Gasteiger partial charge in [0, 0.05) is 20.8 Å². The number of hydrogen-bond donors (Lipinski definition) is 16. The van der Waals surface area contributed by atoms with Crippen molar-refractivity contribution in [3.63, 3.8) is 0 Å². The van der Waals surface area contributed by atoms with E-state index in [9.17, 15) is 80.8 Å². The number of ether oxygens (including phenoxy) is 9. The largest absolute Gasteiger partial charge is 0.394 e. The smallest absolute Gasteiger partial charge is 0.217 e. The summed E-state index contributed by atoms with van der Waals surface area (Å²) < 4.78 is 51.4. The summed E-state index contributed by atoms with van der Waals surface area (Å²) in [5.74, 6) is -1.93. The van der Waals surface area contributed by atoms with Crippen molar-refractivity contribution >= 4 is 17.7 Å². The Balaban J connectivity index is 1.26. The van der Waals surface area contributed by atoms with Crippen LogP contribution in [0.15, 0.2) is 0 Å². The number of rotatable bonds is 16. The Morgan fingerprint density at radius 2 is 0.875 bits per heavy atom. The van der Waals surface area contributed by atoms with Crippen molar-refractivity contribution in [1.29, 1.82) is 0 Å². The fraction of sp³-hybridized carbons (Fsp3) is 0.917. The van der Waals surface area contributed by atoms with Crippen LogP contribution in [0.2, 0.25) is 0 Å². The van der Waals surface area contributed by atoms with Crippen LogP contribution in [0, 0.1) is 0 Å². The summed E-state index contributed by atoms with van der Waals surface area (Å²) >= 11 is 0. The van der Waals surface area contributed by atoms with Crippen LogP contribution in [-0.4, -0.2) is 271 Å². The molecule has 0 unspecified atom stereocenters. The van der Waals surface area contributed by atoms with Gasteiger partial charge >= 0.3 is 0 Å². The molecule has 0 aromatic carbocycles. The van der Waals surface area contributed by atoms with Gasteiger partial charge in [-0.15, -0.1) is 0 Å². The minimum atomic E-state index is -2.06. The van der Waals surface area contributed by atoms with Gasteiger partial charge in [0.25, 0.3) is 0 Å². The predicted molar refractivity (Wildman–Crippen MR) is 200 cm³/mol. The van der Waals surface area contributed by atoms with Crippen LogP contribution < -0.4 is 16.0 Å². The second kappa shape index (κ2) is 23.0. The third-order valence-electron chi connectivity index (χ3n) is 11.4. The van der Waals surface area contributed by atoms with Crippen LogP contribution in [-0.2, 0) is 57.0 Å². The quantitative estimate of drug-likeness (QED) is 0.0683. The first-order chi connectivity index (χ1) is 30.3. The highest BCUT2D eigenvalue weighted by molar-refractivity contribution is 5.74. The van der Waals surface area contributed by atoms with E-state index in [4.69, 9.17) is 42.6 Å². The number of aliphatic hydroxyl groups is 13. The Morgan fingerprint density at radius 1 is 0.453 bits per heavy atom. The fourth-order valence-corrected chi connectivity index (χ4v) is 8.09. The molecule has 5 saturated heterocycles. The number of hydrogen-bond acceptors (Lipinski definition) is 25. The van der Waals surface area contributed by atoms with Gasteiger partial charge in [0.05, 0.1) is 45.7 Å². The van der Waals surface area contributed by atoms with Crippen molar-refractivity contribution in [3.8, 4) is 0 Å². The van der Waals surface area contributed by atoms with Gasteiger partial charge in [-0.05, 0) is 0 Å². The van der Waals surface area contributed by atoms with E-state index in [2.05, 4.69) is 16.0 Å². The van der Waals surface area contributed by atoms with E-state index in [0.29, 0.717) is 0 Å². The van der Waals surface area contributed by atoms with Crippen LogP contribution in [0.4, 0.5) is 0 Å². The zero-order valence-corrected chi connectivity index (χ0v) is 34.8. The minimum Gasteiger partial charge on any atom is -0.394 e. The van der Waals surface area contributed by atoms with E-state index in [1.54, 1.807) is 0 Å². The molecule has 5 aliphatic heterocycles. The second-order valence-electron chi connectivity index (χ2n) is 16.1. The molecule has 5 heterocycles. The Bertz CT molecular complexity index is 1520. The average Bonchev–Trinajstić information content (AvgIpc) is 3.25. The summed E-state index contributed by atoms with van der Waals surface area (Å²) in [6, 6.07) is -4.04. The molecule has 370 valence electrons. The lowest BCUT2D eigenvalue weighted by Crippen LogP contribution is -2.69. The van der Waals surface area contributed by atoms with E-state index in [0.717, 1.165) is 13.8 Å². The van der Waals surface area contributed by atoms with E-state index in [-0.39, 0.29) is 6.61 Å². The summed E-state index contributed by atoms with van der Waals surface area (Å²) in [4.78, 5) is 35.9. The van der Waals surface area contributed by atoms with Gasteiger partial charge in [-0.3, -0.25) is 14.4 Å². The Hall–Kier alpha value is -2.47. The van der Waals surface area contributed by atoms with Crippen molar-refractivity contribution < 1.29 is 123 Å². The summed E-state index contributed by atoms with van der Waals surface area (Å²) in [5, 5.41) is 146. The molecule has 0 aromatic rings. The van der Waals surface area contributed by atoms with Crippen molar-refractivity contribution in [3.05, 3.63) is 0 Å². The highest BCUT2D eigenvalue weighted by Gasteiger charge is 2.55. The maximum absolute atomic E-state index is 12.3.